The molecule has 0 aromatic heterocycles. The normalized spacial score (nSPS) is 8.65. The Hall–Kier alpha value is -2.47. The number of carboxylic acid groups (broad SMARTS) is 3. The van der Waals surface area contributed by atoms with Gasteiger partial charge in [0.15, 0.2) is 0 Å². The van der Waals surface area contributed by atoms with E-state index in [0.717, 1.165) is 13.1 Å². The third-order valence-corrected chi connectivity index (χ3v) is 2.58. The fourth-order valence-corrected chi connectivity index (χ4v) is 1.58. The Labute approximate surface area is 161 Å². The van der Waals surface area contributed by atoms with Crippen molar-refractivity contribution in [2.45, 2.75) is 0 Å². The van der Waals surface area contributed by atoms with Crippen LogP contribution in [0, 0.1) is 18.8 Å². The smallest absolute Gasteiger partial charge is 0.138 e. The number of carbonyl (C=O) groups excluding carboxylic acids is 3. The zero-order valence-electron chi connectivity index (χ0n) is 13.8. The average molecular weight is 403 g/mol. The Kier molecular flexibility index (Phi) is 15.9. The Morgan fingerprint density at radius 3 is 2.19 bits per heavy atom. The van der Waals surface area contributed by atoms with Crippen LogP contribution in [0.5, 0.6) is 0 Å². The van der Waals surface area contributed by atoms with Crippen LogP contribution in [0.2, 0.25) is 5.02 Å². The van der Waals surface area contributed by atoms with E-state index < -0.39 is 18.0 Å². The van der Waals surface area contributed by atoms with Crippen molar-refractivity contribution in [2.24, 2.45) is 0 Å². The number of nitrogens with one attached hydrogen (secondary N) is 1. The van der Waals surface area contributed by atoms with Gasteiger partial charge in [-0.15, -0.1) is 17.5 Å². The second kappa shape index (κ2) is 16.0. The first-order valence-electron chi connectivity index (χ1n) is 6.79. The summed E-state index contributed by atoms with van der Waals surface area (Å²) in [5.74, 6) is 1.70. The van der Waals surface area contributed by atoms with Crippen molar-refractivity contribution in [1.29, 1.82) is 0 Å². The van der Waals surface area contributed by atoms with Crippen LogP contribution < -0.4 is 20.6 Å². The maximum absolute atomic E-state index is 10.0. The van der Waals surface area contributed by atoms with Gasteiger partial charge in [-0.1, -0.05) is 23.6 Å². The van der Waals surface area contributed by atoms with Gasteiger partial charge >= 0.3 is 0 Å². The van der Waals surface area contributed by atoms with Crippen molar-refractivity contribution in [3.63, 3.8) is 0 Å². The minimum atomic E-state index is -2.19. The van der Waals surface area contributed by atoms with E-state index in [1.807, 2.05) is 11.9 Å². The summed E-state index contributed by atoms with van der Waals surface area (Å²) in [5, 5.41) is 30.4. The highest BCUT2D eigenvalue weighted by molar-refractivity contribution is 6.30. The molecule has 0 heterocycles. The number of anilines is 1. The van der Waals surface area contributed by atoms with Gasteiger partial charge in [0.25, 0.3) is 0 Å². The SMILES string of the molecule is O=C([O-])C(=O)[O-].O=C([O-])Nc1cccc(Cl)c1.[CH2]C#CCN(C)CCCl. The summed E-state index contributed by atoms with van der Waals surface area (Å²) in [5.41, 5.74) is 0.414. The third kappa shape index (κ3) is 17.9. The fourth-order valence-electron chi connectivity index (χ4n) is 1.10. The van der Waals surface area contributed by atoms with Crippen molar-refractivity contribution in [3.05, 3.63) is 36.2 Å². The van der Waals surface area contributed by atoms with Gasteiger partial charge in [-0.2, -0.15) is 0 Å². The van der Waals surface area contributed by atoms with E-state index in [-0.39, 0.29) is 0 Å². The molecule has 0 fully saturated rings. The highest BCUT2D eigenvalue weighted by Gasteiger charge is 1.91. The van der Waals surface area contributed by atoms with Crippen LogP contribution in [-0.2, 0) is 9.59 Å². The number of carbonyl (C=O) groups is 3. The van der Waals surface area contributed by atoms with Crippen LogP contribution in [0.15, 0.2) is 24.3 Å². The molecule has 1 amide bonds. The van der Waals surface area contributed by atoms with Gasteiger partial charge in [0.1, 0.15) is 6.09 Å². The molecule has 0 aliphatic carbocycles. The first-order chi connectivity index (χ1) is 12.1. The van der Waals surface area contributed by atoms with E-state index in [2.05, 4.69) is 24.1 Å². The predicted octanol–water partition coefficient (Wildman–Crippen LogP) is -1.42. The highest BCUT2D eigenvalue weighted by atomic mass is 35.5. The van der Waals surface area contributed by atoms with E-state index in [4.69, 9.17) is 43.0 Å². The van der Waals surface area contributed by atoms with E-state index in [9.17, 15) is 9.90 Å². The first kappa shape index (κ1) is 25.8. The standard InChI is InChI=1S/C7H6ClNO2.C7H11ClN.C2H2O4/c8-5-2-1-3-6(4-5)9-7(10)11;1-3-4-6-9(2)7-5-8;3-1(4)2(5)6/h1-4,9H,(H,10,11);1,5-7H2,2H3;(H,3,4)(H,5,6)/p-3. The van der Waals surface area contributed by atoms with Gasteiger partial charge in [-0.25, -0.2) is 0 Å². The van der Waals surface area contributed by atoms with E-state index in [1.54, 1.807) is 18.2 Å². The lowest BCUT2D eigenvalue weighted by atomic mass is 10.3. The Morgan fingerprint density at radius 1 is 1.23 bits per heavy atom. The molecule has 0 aliphatic heterocycles. The molecule has 1 N–H and O–H groups in total. The van der Waals surface area contributed by atoms with Gasteiger partial charge < -0.3 is 35.0 Å². The molecule has 26 heavy (non-hydrogen) atoms. The zero-order chi connectivity index (χ0) is 20.5. The van der Waals surface area contributed by atoms with Crippen LogP contribution >= 0.6 is 23.2 Å². The number of aliphatic carboxylic acids is 2. The Morgan fingerprint density at radius 2 is 1.81 bits per heavy atom. The van der Waals surface area contributed by atoms with Gasteiger partial charge in [0.2, 0.25) is 0 Å². The van der Waals surface area contributed by atoms with Crippen LogP contribution in [0.25, 0.3) is 0 Å². The van der Waals surface area contributed by atoms with E-state index in [1.165, 1.54) is 6.07 Å². The number of rotatable bonds is 4. The number of nitrogens with zero attached hydrogens (tertiary/aromatic N) is 1. The summed E-state index contributed by atoms with van der Waals surface area (Å²) < 4.78 is 0. The lowest BCUT2D eigenvalue weighted by Gasteiger charge is -2.08. The minimum Gasteiger partial charge on any atom is -0.543 e. The number of carboxylic acids is 2. The molecule has 0 aliphatic rings. The summed E-state index contributed by atoms with van der Waals surface area (Å²) >= 11 is 11.0. The number of amides is 1. The molecule has 8 nitrogen and oxygen atoms in total. The molecular formula is C16H16Cl2N2O6-3. The number of hydrogen-bond donors (Lipinski definition) is 1. The molecular weight excluding hydrogens is 387 g/mol. The largest absolute Gasteiger partial charge is 0.543 e. The molecule has 1 aromatic rings. The molecule has 10 heteroatoms. The number of halogens is 2. The molecule has 1 aromatic carbocycles. The summed E-state index contributed by atoms with van der Waals surface area (Å²) in [6.07, 6.45) is -1.34. The summed E-state index contributed by atoms with van der Waals surface area (Å²) in [6.45, 7) is 5.04. The second-order valence-electron chi connectivity index (χ2n) is 4.28. The lowest BCUT2D eigenvalue weighted by molar-refractivity contribution is -0.345. The average Bonchev–Trinajstić information content (AvgIpc) is 2.53. The molecule has 0 saturated carbocycles. The van der Waals surface area contributed by atoms with Crippen molar-refractivity contribution < 1.29 is 29.7 Å². The predicted molar refractivity (Wildman–Crippen MR) is 91.8 cm³/mol. The Balaban J connectivity index is 0. The number of alkyl halides is 1. The summed E-state index contributed by atoms with van der Waals surface area (Å²) in [4.78, 5) is 29.9. The third-order valence-electron chi connectivity index (χ3n) is 2.18. The molecule has 1 rings (SSSR count). The highest BCUT2D eigenvalue weighted by Crippen LogP contribution is 2.14. The monoisotopic (exact) mass is 402 g/mol. The van der Waals surface area contributed by atoms with Crippen molar-refractivity contribution in [2.75, 3.05) is 31.3 Å². The van der Waals surface area contributed by atoms with Crippen molar-refractivity contribution in [3.8, 4) is 11.8 Å². The quantitative estimate of drug-likeness (QED) is 0.370. The summed E-state index contributed by atoms with van der Waals surface area (Å²) in [6, 6.07) is 6.38. The topological polar surface area (TPSA) is 136 Å². The number of hydrogen-bond acceptors (Lipinski definition) is 7. The van der Waals surface area contributed by atoms with Crippen molar-refractivity contribution >= 4 is 46.9 Å². The summed E-state index contributed by atoms with van der Waals surface area (Å²) in [7, 11) is 1.98. The van der Waals surface area contributed by atoms with Crippen LogP contribution in [0.4, 0.5) is 10.5 Å². The fraction of sp³-hybridized carbons (Fsp3) is 0.250. The van der Waals surface area contributed by atoms with Gasteiger partial charge in [0.05, 0.1) is 18.5 Å². The minimum absolute atomic E-state index is 0.414. The zero-order valence-corrected chi connectivity index (χ0v) is 15.3. The van der Waals surface area contributed by atoms with E-state index in [0.29, 0.717) is 16.6 Å². The van der Waals surface area contributed by atoms with Crippen molar-refractivity contribution in [1.82, 2.24) is 4.90 Å². The van der Waals surface area contributed by atoms with Gasteiger partial charge in [-0.3, -0.25) is 4.90 Å². The Bertz CT molecular complexity index is 631. The molecule has 0 saturated heterocycles. The maximum atomic E-state index is 10.0. The first-order valence-corrected chi connectivity index (χ1v) is 7.70. The van der Waals surface area contributed by atoms with Crippen LogP contribution in [0.3, 0.4) is 0 Å². The van der Waals surface area contributed by atoms with Gasteiger partial charge in [0, 0.05) is 30.1 Å². The molecule has 1 radical (unpaired) electrons. The molecule has 0 bridgehead atoms. The lowest BCUT2D eigenvalue weighted by Crippen LogP contribution is -2.42. The van der Waals surface area contributed by atoms with Crippen LogP contribution in [0.1, 0.15) is 0 Å². The molecule has 0 unspecified atom stereocenters. The number of benzene rings is 1. The van der Waals surface area contributed by atoms with Gasteiger partial charge in [-0.05, 0) is 25.2 Å². The molecule has 0 atom stereocenters. The van der Waals surface area contributed by atoms with Crippen LogP contribution in [-0.4, -0.2) is 48.9 Å². The molecule has 0 spiro atoms. The second-order valence-corrected chi connectivity index (χ2v) is 5.09. The molecule has 143 valence electrons. The maximum Gasteiger partial charge on any atom is 0.138 e. The van der Waals surface area contributed by atoms with E-state index >= 15 is 0 Å².